The number of carbonyl (C=O) groups is 1. The summed E-state index contributed by atoms with van der Waals surface area (Å²) in [4.78, 5) is 24.9. The normalized spacial score (nSPS) is 21.6. The zero-order valence-electron chi connectivity index (χ0n) is 14.9. The van der Waals surface area contributed by atoms with Crippen LogP contribution in [0.25, 0.3) is 0 Å². The number of nitro groups is 1. The standard InChI is InChI=1S/C17H23ClN4O5/c18-14-9-13(22(24)25)1-2-15(14)20-17(23)19-10-16(12-3-6-27-11-12)21-4-7-26-8-5-21/h1-2,9,12,16H,3-8,10-11H2,(H2,19,20,23)/t12-,16-/m1/s1. The van der Waals surface area contributed by atoms with E-state index in [1.165, 1.54) is 18.2 Å². The Morgan fingerprint density at radius 1 is 1.33 bits per heavy atom. The molecule has 27 heavy (non-hydrogen) atoms. The van der Waals surface area contributed by atoms with Gasteiger partial charge >= 0.3 is 6.03 Å². The molecule has 3 rings (SSSR count). The number of anilines is 1. The second-order valence-corrected chi connectivity index (χ2v) is 7.00. The molecule has 0 unspecified atom stereocenters. The predicted octanol–water partition coefficient (Wildman–Crippen LogP) is 2.11. The van der Waals surface area contributed by atoms with Crippen molar-refractivity contribution < 1.29 is 19.2 Å². The minimum absolute atomic E-state index is 0.119. The van der Waals surface area contributed by atoms with Crippen molar-refractivity contribution >= 4 is 29.0 Å². The van der Waals surface area contributed by atoms with Gasteiger partial charge in [0.2, 0.25) is 0 Å². The largest absolute Gasteiger partial charge is 0.381 e. The Labute approximate surface area is 162 Å². The SMILES string of the molecule is O=C(NC[C@H]([C@@H]1CCOC1)N1CCOCC1)Nc1ccc([N+](=O)[O-])cc1Cl. The zero-order valence-corrected chi connectivity index (χ0v) is 15.6. The smallest absolute Gasteiger partial charge is 0.319 e. The second-order valence-electron chi connectivity index (χ2n) is 6.60. The third-order valence-electron chi connectivity index (χ3n) is 4.91. The second kappa shape index (κ2) is 9.32. The third-order valence-corrected chi connectivity index (χ3v) is 5.22. The molecule has 10 heteroatoms. The number of rotatable bonds is 6. The number of ether oxygens (including phenoxy) is 2. The van der Waals surface area contributed by atoms with E-state index in [-0.39, 0.29) is 16.8 Å². The fourth-order valence-electron chi connectivity index (χ4n) is 3.44. The summed E-state index contributed by atoms with van der Waals surface area (Å²) in [5.74, 6) is 0.367. The molecule has 2 atom stereocenters. The first-order valence-corrected chi connectivity index (χ1v) is 9.30. The van der Waals surface area contributed by atoms with Gasteiger partial charge in [-0.3, -0.25) is 15.0 Å². The number of morpholine rings is 1. The lowest BCUT2D eigenvalue weighted by Gasteiger charge is -2.37. The Kier molecular flexibility index (Phi) is 6.84. The van der Waals surface area contributed by atoms with Crippen LogP contribution in [0, 0.1) is 16.0 Å². The van der Waals surface area contributed by atoms with E-state index in [1.54, 1.807) is 0 Å². The molecule has 2 saturated heterocycles. The fraction of sp³-hybridized carbons (Fsp3) is 0.588. The molecule has 0 aromatic heterocycles. The molecule has 0 radical (unpaired) electrons. The van der Waals surface area contributed by atoms with Crippen LogP contribution in [-0.4, -0.2) is 68.0 Å². The zero-order chi connectivity index (χ0) is 19.2. The molecule has 2 N–H and O–H groups in total. The van der Waals surface area contributed by atoms with Crippen LogP contribution in [0.3, 0.4) is 0 Å². The van der Waals surface area contributed by atoms with Gasteiger partial charge in [-0.25, -0.2) is 4.79 Å². The van der Waals surface area contributed by atoms with Crippen molar-refractivity contribution in [1.29, 1.82) is 0 Å². The average molecular weight is 399 g/mol. The fourth-order valence-corrected chi connectivity index (χ4v) is 3.66. The van der Waals surface area contributed by atoms with Crippen LogP contribution in [0.5, 0.6) is 0 Å². The van der Waals surface area contributed by atoms with Gasteiger partial charge in [-0.15, -0.1) is 0 Å². The van der Waals surface area contributed by atoms with Crippen LogP contribution >= 0.6 is 11.6 Å². The summed E-state index contributed by atoms with van der Waals surface area (Å²) in [5, 5.41) is 16.4. The predicted molar refractivity (Wildman–Crippen MR) is 100 cm³/mol. The minimum Gasteiger partial charge on any atom is -0.381 e. The molecule has 1 aromatic rings. The molecule has 148 valence electrons. The van der Waals surface area contributed by atoms with E-state index in [1.807, 2.05) is 0 Å². The van der Waals surface area contributed by atoms with Crippen LogP contribution < -0.4 is 10.6 Å². The van der Waals surface area contributed by atoms with E-state index in [0.717, 1.165) is 26.1 Å². The highest BCUT2D eigenvalue weighted by Gasteiger charge is 2.31. The number of nitro benzene ring substituents is 1. The van der Waals surface area contributed by atoms with Crippen LogP contribution in [0.2, 0.25) is 5.02 Å². The molecule has 0 saturated carbocycles. The molecule has 0 spiro atoms. The van der Waals surface area contributed by atoms with Gasteiger partial charge in [0.05, 0.1) is 35.5 Å². The van der Waals surface area contributed by atoms with E-state index in [0.29, 0.717) is 38.0 Å². The van der Waals surface area contributed by atoms with E-state index in [2.05, 4.69) is 15.5 Å². The maximum atomic E-state index is 12.3. The van der Waals surface area contributed by atoms with Crippen LogP contribution in [0.15, 0.2) is 18.2 Å². The summed E-state index contributed by atoms with van der Waals surface area (Å²) in [5.41, 5.74) is 0.200. The van der Waals surface area contributed by atoms with E-state index < -0.39 is 11.0 Å². The van der Waals surface area contributed by atoms with Crippen molar-refractivity contribution in [3.8, 4) is 0 Å². The number of nitrogens with zero attached hydrogens (tertiary/aromatic N) is 2. The monoisotopic (exact) mass is 398 g/mol. The highest BCUT2D eigenvalue weighted by atomic mass is 35.5. The van der Waals surface area contributed by atoms with Crippen molar-refractivity contribution in [2.24, 2.45) is 5.92 Å². The lowest BCUT2D eigenvalue weighted by Crippen LogP contribution is -2.52. The molecular formula is C17H23ClN4O5. The van der Waals surface area contributed by atoms with Gasteiger partial charge in [0.25, 0.3) is 5.69 Å². The number of benzene rings is 1. The number of non-ortho nitro benzene ring substituents is 1. The van der Waals surface area contributed by atoms with Gasteiger partial charge in [0.15, 0.2) is 0 Å². The first-order valence-electron chi connectivity index (χ1n) is 8.93. The number of urea groups is 1. The van der Waals surface area contributed by atoms with Crippen molar-refractivity contribution in [2.75, 3.05) is 51.4 Å². The molecule has 2 heterocycles. The Morgan fingerprint density at radius 3 is 2.74 bits per heavy atom. The first-order chi connectivity index (χ1) is 13.0. The van der Waals surface area contributed by atoms with Gasteiger partial charge in [-0.2, -0.15) is 0 Å². The molecule has 9 nitrogen and oxygen atoms in total. The molecular weight excluding hydrogens is 376 g/mol. The third kappa shape index (κ3) is 5.29. The molecule has 0 aliphatic carbocycles. The van der Waals surface area contributed by atoms with E-state index >= 15 is 0 Å². The Morgan fingerprint density at radius 2 is 2.11 bits per heavy atom. The highest BCUT2D eigenvalue weighted by Crippen LogP contribution is 2.26. The van der Waals surface area contributed by atoms with Gasteiger partial charge in [0.1, 0.15) is 0 Å². The summed E-state index contributed by atoms with van der Waals surface area (Å²) in [6.07, 6.45) is 0.972. The number of hydrogen-bond acceptors (Lipinski definition) is 6. The number of nitrogens with one attached hydrogen (secondary N) is 2. The Balaban J connectivity index is 1.57. The van der Waals surface area contributed by atoms with Crippen molar-refractivity contribution in [1.82, 2.24) is 10.2 Å². The van der Waals surface area contributed by atoms with Crippen molar-refractivity contribution in [3.05, 3.63) is 33.3 Å². The molecule has 2 aliphatic rings. The van der Waals surface area contributed by atoms with E-state index in [4.69, 9.17) is 21.1 Å². The van der Waals surface area contributed by atoms with Crippen LogP contribution in [0.1, 0.15) is 6.42 Å². The molecule has 2 aliphatic heterocycles. The summed E-state index contributed by atoms with van der Waals surface area (Å²) in [6.45, 7) is 4.96. The molecule has 2 fully saturated rings. The van der Waals surface area contributed by atoms with Gasteiger partial charge in [-0.05, 0) is 12.5 Å². The summed E-state index contributed by atoms with van der Waals surface area (Å²) in [6, 6.07) is 3.71. The van der Waals surface area contributed by atoms with Gasteiger partial charge < -0.3 is 20.1 Å². The molecule has 1 aromatic carbocycles. The number of hydrogen-bond donors (Lipinski definition) is 2. The average Bonchev–Trinajstić information content (AvgIpc) is 3.19. The van der Waals surface area contributed by atoms with Gasteiger partial charge in [-0.1, -0.05) is 11.6 Å². The lowest BCUT2D eigenvalue weighted by molar-refractivity contribution is -0.384. The highest BCUT2D eigenvalue weighted by molar-refractivity contribution is 6.33. The number of carbonyl (C=O) groups excluding carboxylic acids is 1. The lowest BCUT2D eigenvalue weighted by atomic mass is 9.97. The maximum Gasteiger partial charge on any atom is 0.319 e. The van der Waals surface area contributed by atoms with Crippen LogP contribution in [0.4, 0.5) is 16.2 Å². The quantitative estimate of drug-likeness (QED) is 0.561. The summed E-state index contributed by atoms with van der Waals surface area (Å²) >= 11 is 6.02. The maximum absolute atomic E-state index is 12.3. The van der Waals surface area contributed by atoms with Crippen molar-refractivity contribution in [2.45, 2.75) is 12.5 Å². The number of halogens is 1. The number of amides is 2. The molecule has 2 amide bonds. The summed E-state index contributed by atoms with van der Waals surface area (Å²) < 4.78 is 10.9. The first kappa shape index (κ1) is 19.8. The Bertz CT molecular complexity index is 677. The van der Waals surface area contributed by atoms with E-state index in [9.17, 15) is 14.9 Å². The van der Waals surface area contributed by atoms with Crippen LogP contribution in [-0.2, 0) is 9.47 Å². The minimum atomic E-state index is -0.535. The van der Waals surface area contributed by atoms with Crippen molar-refractivity contribution in [3.63, 3.8) is 0 Å². The topological polar surface area (TPSA) is 106 Å². The molecule has 0 bridgehead atoms. The summed E-state index contributed by atoms with van der Waals surface area (Å²) in [7, 11) is 0. The Hall–Kier alpha value is -1.94. The van der Waals surface area contributed by atoms with Gasteiger partial charge in [0, 0.05) is 50.3 Å².